The number of rotatable bonds is 14. The van der Waals surface area contributed by atoms with Crippen molar-refractivity contribution in [3.63, 3.8) is 0 Å². The fraction of sp³-hybridized carbons (Fsp3) is 1.00. The average Bonchev–Trinajstić information content (AvgIpc) is 2.47. The van der Waals surface area contributed by atoms with Crippen LogP contribution >= 0.6 is 11.8 Å². The maximum Gasteiger partial charge on any atom is 0.109 e. The molecule has 0 aliphatic heterocycles. The lowest BCUT2D eigenvalue weighted by molar-refractivity contribution is -0.0683. The molecule has 0 aromatic heterocycles. The van der Waals surface area contributed by atoms with Gasteiger partial charge in [0.15, 0.2) is 0 Å². The molecule has 0 bridgehead atoms. The molecule has 0 saturated carbocycles. The molecule has 4 nitrogen and oxygen atoms in total. The van der Waals surface area contributed by atoms with Crippen molar-refractivity contribution in [2.45, 2.75) is 76.6 Å². The van der Waals surface area contributed by atoms with Gasteiger partial charge in [0.2, 0.25) is 0 Å². The lowest BCUT2D eigenvalue weighted by Crippen LogP contribution is -2.40. The second kappa shape index (κ2) is 14.1. The van der Waals surface area contributed by atoms with E-state index in [9.17, 15) is 15.3 Å². The van der Waals surface area contributed by atoms with Crippen LogP contribution < -0.4 is 0 Å². The second-order valence-corrected chi connectivity index (χ2v) is 6.51. The molecule has 0 amide bonds. The molecule has 122 valence electrons. The number of hydrogen-bond donors (Lipinski definition) is 4. The van der Waals surface area contributed by atoms with Crippen molar-refractivity contribution < 1.29 is 20.4 Å². The van der Waals surface area contributed by atoms with Gasteiger partial charge in [0.1, 0.15) is 12.2 Å². The molecule has 0 radical (unpaired) electrons. The van der Waals surface area contributed by atoms with Crippen molar-refractivity contribution in [2.24, 2.45) is 0 Å². The Hall–Kier alpha value is 0.190. The molecule has 0 aromatic carbocycles. The molecule has 0 spiro atoms. The number of aliphatic hydroxyl groups excluding tert-OH is 4. The third-order valence-electron chi connectivity index (χ3n) is 3.41. The first-order valence-electron chi connectivity index (χ1n) is 7.86. The van der Waals surface area contributed by atoms with Crippen molar-refractivity contribution in [1.82, 2.24) is 0 Å². The van der Waals surface area contributed by atoms with Gasteiger partial charge in [0.25, 0.3) is 0 Å². The standard InChI is InChI=1S/C15H32O4S/c1-2-3-4-5-6-7-8-9-10-20-12-14(18)15(19)13(17)11-16/h13-19H,2-12H2,1H3/t13-,14+,15+/m0/s1. The summed E-state index contributed by atoms with van der Waals surface area (Å²) in [6.45, 7) is 1.70. The predicted molar refractivity (Wildman–Crippen MR) is 85.0 cm³/mol. The highest BCUT2D eigenvalue weighted by Crippen LogP contribution is 2.13. The van der Waals surface area contributed by atoms with Crippen LogP contribution in [0.1, 0.15) is 58.3 Å². The molecule has 0 saturated heterocycles. The molecule has 0 fully saturated rings. The Labute approximate surface area is 127 Å². The Balaban J connectivity index is 3.31. The third-order valence-corrected chi connectivity index (χ3v) is 4.56. The summed E-state index contributed by atoms with van der Waals surface area (Å²) in [7, 11) is 0. The molecule has 5 heteroatoms. The van der Waals surface area contributed by atoms with Gasteiger partial charge in [-0.25, -0.2) is 0 Å². The summed E-state index contributed by atoms with van der Waals surface area (Å²) in [4.78, 5) is 0. The molecule has 0 unspecified atom stereocenters. The zero-order valence-corrected chi connectivity index (χ0v) is 13.5. The minimum Gasteiger partial charge on any atom is -0.394 e. The maximum atomic E-state index is 9.60. The highest BCUT2D eigenvalue weighted by molar-refractivity contribution is 7.99. The fourth-order valence-electron chi connectivity index (χ4n) is 2.01. The lowest BCUT2D eigenvalue weighted by Gasteiger charge is -2.21. The Bertz CT molecular complexity index is 204. The van der Waals surface area contributed by atoms with Gasteiger partial charge in [-0.2, -0.15) is 11.8 Å². The Kier molecular flexibility index (Phi) is 14.3. The first-order chi connectivity index (χ1) is 9.63. The summed E-state index contributed by atoms with van der Waals surface area (Å²) >= 11 is 1.59. The second-order valence-electron chi connectivity index (χ2n) is 5.36. The van der Waals surface area contributed by atoms with Gasteiger partial charge < -0.3 is 20.4 Å². The maximum absolute atomic E-state index is 9.60. The molecule has 0 aliphatic rings. The van der Waals surface area contributed by atoms with Gasteiger partial charge in [0, 0.05) is 5.75 Å². The van der Waals surface area contributed by atoms with E-state index in [2.05, 4.69) is 6.92 Å². The van der Waals surface area contributed by atoms with Gasteiger partial charge in [0.05, 0.1) is 12.7 Å². The monoisotopic (exact) mass is 308 g/mol. The highest BCUT2D eigenvalue weighted by Gasteiger charge is 2.23. The normalized spacial score (nSPS) is 16.1. The number of unbranched alkanes of at least 4 members (excludes halogenated alkanes) is 7. The van der Waals surface area contributed by atoms with Crippen molar-refractivity contribution in [3.8, 4) is 0 Å². The first-order valence-corrected chi connectivity index (χ1v) is 9.01. The Morgan fingerprint density at radius 2 is 1.35 bits per heavy atom. The van der Waals surface area contributed by atoms with Crippen molar-refractivity contribution in [2.75, 3.05) is 18.1 Å². The van der Waals surface area contributed by atoms with Crippen molar-refractivity contribution >= 4 is 11.8 Å². The Morgan fingerprint density at radius 1 is 0.800 bits per heavy atom. The minimum absolute atomic E-state index is 0.398. The summed E-state index contributed by atoms with van der Waals surface area (Å²) in [5, 5.41) is 36.9. The molecule has 0 heterocycles. The summed E-state index contributed by atoms with van der Waals surface area (Å²) in [5.41, 5.74) is 0. The van der Waals surface area contributed by atoms with E-state index in [-0.39, 0.29) is 0 Å². The average molecular weight is 308 g/mol. The van der Waals surface area contributed by atoms with Crippen LogP contribution in [-0.2, 0) is 0 Å². The van der Waals surface area contributed by atoms with E-state index in [1.165, 1.54) is 44.9 Å². The lowest BCUT2D eigenvalue weighted by atomic mass is 10.1. The van der Waals surface area contributed by atoms with Crippen LogP contribution in [0.15, 0.2) is 0 Å². The fourth-order valence-corrected chi connectivity index (χ4v) is 3.02. The molecule has 4 N–H and O–H groups in total. The summed E-state index contributed by atoms with van der Waals surface area (Å²) in [6.07, 6.45) is 6.77. The van der Waals surface area contributed by atoms with E-state index >= 15 is 0 Å². The van der Waals surface area contributed by atoms with Crippen LogP contribution in [0.4, 0.5) is 0 Å². The quantitative estimate of drug-likeness (QED) is 0.369. The molecular weight excluding hydrogens is 276 g/mol. The highest BCUT2D eigenvalue weighted by atomic mass is 32.2. The zero-order valence-electron chi connectivity index (χ0n) is 12.7. The topological polar surface area (TPSA) is 80.9 Å². The van der Waals surface area contributed by atoms with Gasteiger partial charge in [-0.3, -0.25) is 0 Å². The third kappa shape index (κ3) is 10.9. The summed E-state index contributed by atoms with van der Waals surface area (Å²) in [6, 6.07) is 0. The van der Waals surface area contributed by atoms with E-state index < -0.39 is 24.9 Å². The first kappa shape index (κ1) is 20.2. The SMILES string of the molecule is CCCCCCCCCCSC[C@@H](O)[C@H](O)[C@@H](O)CO. The largest absolute Gasteiger partial charge is 0.394 e. The van der Waals surface area contributed by atoms with Crippen LogP contribution in [0.25, 0.3) is 0 Å². The molecule has 20 heavy (non-hydrogen) atoms. The van der Waals surface area contributed by atoms with E-state index in [0.717, 1.165) is 12.2 Å². The van der Waals surface area contributed by atoms with E-state index in [1.54, 1.807) is 11.8 Å². The number of aliphatic hydroxyl groups is 4. The van der Waals surface area contributed by atoms with Crippen LogP contribution in [0.2, 0.25) is 0 Å². The molecule has 0 aromatic rings. The van der Waals surface area contributed by atoms with Gasteiger partial charge >= 0.3 is 0 Å². The molecule has 0 aliphatic carbocycles. The van der Waals surface area contributed by atoms with Crippen molar-refractivity contribution in [3.05, 3.63) is 0 Å². The van der Waals surface area contributed by atoms with Gasteiger partial charge in [-0.1, -0.05) is 51.9 Å². The van der Waals surface area contributed by atoms with Gasteiger partial charge in [-0.15, -0.1) is 0 Å². The van der Waals surface area contributed by atoms with Crippen LogP contribution in [-0.4, -0.2) is 56.9 Å². The predicted octanol–water partition coefficient (Wildman–Crippen LogP) is 1.94. The smallest absolute Gasteiger partial charge is 0.109 e. The van der Waals surface area contributed by atoms with E-state index in [1.807, 2.05) is 0 Å². The minimum atomic E-state index is -1.26. The van der Waals surface area contributed by atoms with Crippen molar-refractivity contribution in [1.29, 1.82) is 0 Å². The molecule has 0 rings (SSSR count). The van der Waals surface area contributed by atoms with E-state index in [4.69, 9.17) is 5.11 Å². The van der Waals surface area contributed by atoms with Crippen LogP contribution in [0.5, 0.6) is 0 Å². The molecule has 3 atom stereocenters. The zero-order chi connectivity index (χ0) is 15.2. The number of thioether (sulfide) groups is 1. The molecular formula is C15H32O4S. The Morgan fingerprint density at radius 3 is 1.90 bits per heavy atom. The van der Waals surface area contributed by atoms with Crippen LogP contribution in [0, 0.1) is 0 Å². The van der Waals surface area contributed by atoms with Crippen LogP contribution in [0.3, 0.4) is 0 Å². The van der Waals surface area contributed by atoms with Gasteiger partial charge in [-0.05, 0) is 12.2 Å². The summed E-state index contributed by atoms with van der Waals surface area (Å²) in [5.74, 6) is 1.36. The number of hydrogen-bond acceptors (Lipinski definition) is 5. The summed E-state index contributed by atoms with van der Waals surface area (Å²) < 4.78 is 0. The van der Waals surface area contributed by atoms with E-state index in [0.29, 0.717) is 5.75 Å².